The molecule has 2 rings (SSSR count). The summed E-state index contributed by atoms with van der Waals surface area (Å²) in [5.41, 5.74) is 7.33. The molecule has 0 saturated carbocycles. The summed E-state index contributed by atoms with van der Waals surface area (Å²) in [5.74, 6) is 1.45. The number of ether oxygens (including phenoxy) is 3. The van der Waals surface area contributed by atoms with E-state index >= 15 is 0 Å². The van der Waals surface area contributed by atoms with Gasteiger partial charge in [0, 0.05) is 12.6 Å². The predicted molar refractivity (Wildman–Crippen MR) is 74.7 cm³/mol. The fourth-order valence-electron chi connectivity index (χ4n) is 2.50. The Morgan fingerprint density at radius 3 is 2.68 bits per heavy atom. The molecule has 1 aliphatic heterocycles. The molecule has 4 heteroatoms. The molecule has 1 saturated heterocycles. The highest BCUT2D eigenvalue weighted by atomic mass is 16.5. The van der Waals surface area contributed by atoms with Crippen LogP contribution in [-0.4, -0.2) is 26.9 Å². The summed E-state index contributed by atoms with van der Waals surface area (Å²) in [6.07, 6.45) is 4.67. The van der Waals surface area contributed by atoms with E-state index in [1.54, 1.807) is 14.2 Å². The molecule has 0 aromatic heterocycles. The van der Waals surface area contributed by atoms with E-state index < -0.39 is 0 Å². The second-order valence-electron chi connectivity index (χ2n) is 4.95. The number of nitrogens with two attached hydrogens (primary N) is 1. The summed E-state index contributed by atoms with van der Waals surface area (Å²) in [4.78, 5) is 0. The van der Waals surface area contributed by atoms with Crippen LogP contribution in [0.15, 0.2) is 18.2 Å². The molecular weight excluding hydrogens is 242 g/mol. The molecule has 106 valence electrons. The maximum absolute atomic E-state index is 6.26. The summed E-state index contributed by atoms with van der Waals surface area (Å²) >= 11 is 0. The molecule has 0 radical (unpaired) electrons. The van der Waals surface area contributed by atoms with E-state index in [0.29, 0.717) is 0 Å². The van der Waals surface area contributed by atoms with Crippen molar-refractivity contribution in [1.82, 2.24) is 0 Å². The Bertz CT molecular complexity index is 402. The Morgan fingerprint density at radius 1 is 1.26 bits per heavy atom. The number of rotatable bonds is 5. The molecule has 0 bridgehead atoms. The van der Waals surface area contributed by atoms with Gasteiger partial charge in [0.2, 0.25) is 0 Å². The molecule has 2 atom stereocenters. The van der Waals surface area contributed by atoms with Crippen LogP contribution in [0.25, 0.3) is 0 Å². The topological polar surface area (TPSA) is 53.7 Å². The van der Waals surface area contributed by atoms with Crippen molar-refractivity contribution in [1.29, 1.82) is 0 Å². The second kappa shape index (κ2) is 6.78. The molecule has 2 unspecified atom stereocenters. The standard InChI is InChI=1S/C15H23NO3/c1-17-14-7-6-11(9-15(14)18-2)13(16)10-12-5-3-4-8-19-12/h6-7,9,12-13H,3-5,8,10,16H2,1-2H3. The van der Waals surface area contributed by atoms with Crippen molar-refractivity contribution >= 4 is 0 Å². The molecule has 1 aromatic carbocycles. The molecule has 0 spiro atoms. The zero-order chi connectivity index (χ0) is 13.7. The van der Waals surface area contributed by atoms with Gasteiger partial charge in [-0.3, -0.25) is 0 Å². The van der Waals surface area contributed by atoms with E-state index in [4.69, 9.17) is 19.9 Å². The van der Waals surface area contributed by atoms with Gasteiger partial charge < -0.3 is 19.9 Å². The van der Waals surface area contributed by atoms with E-state index in [-0.39, 0.29) is 12.1 Å². The van der Waals surface area contributed by atoms with Crippen LogP contribution >= 0.6 is 0 Å². The van der Waals surface area contributed by atoms with Gasteiger partial charge in [-0.05, 0) is 43.4 Å². The van der Waals surface area contributed by atoms with Crippen LogP contribution in [0.4, 0.5) is 0 Å². The summed E-state index contributed by atoms with van der Waals surface area (Å²) in [7, 11) is 3.27. The van der Waals surface area contributed by atoms with Crippen LogP contribution in [0.5, 0.6) is 11.5 Å². The lowest BCUT2D eigenvalue weighted by atomic mass is 9.97. The van der Waals surface area contributed by atoms with Gasteiger partial charge in [-0.25, -0.2) is 0 Å². The maximum Gasteiger partial charge on any atom is 0.161 e. The molecule has 0 aliphatic carbocycles. The highest BCUT2D eigenvalue weighted by molar-refractivity contribution is 5.43. The van der Waals surface area contributed by atoms with Crippen molar-refractivity contribution in [2.24, 2.45) is 5.73 Å². The lowest BCUT2D eigenvalue weighted by Crippen LogP contribution is -2.24. The Hall–Kier alpha value is -1.26. The van der Waals surface area contributed by atoms with Gasteiger partial charge in [0.05, 0.1) is 20.3 Å². The minimum atomic E-state index is -0.0251. The monoisotopic (exact) mass is 265 g/mol. The largest absolute Gasteiger partial charge is 0.493 e. The van der Waals surface area contributed by atoms with Gasteiger partial charge in [-0.15, -0.1) is 0 Å². The predicted octanol–water partition coefficient (Wildman–Crippen LogP) is 2.66. The van der Waals surface area contributed by atoms with Crippen molar-refractivity contribution in [2.75, 3.05) is 20.8 Å². The average Bonchev–Trinajstić information content (AvgIpc) is 2.47. The molecular formula is C15H23NO3. The van der Waals surface area contributed by atoms with Gasteiger partial charge >= 0.3 is 0 Å². The van der Waals surface area contributed by atoms with E-state index in [1.807, 2.05) is 18.2 Å². The highest BCUT2D eigenvalue weighted by Crippen LogP contribution is 2.31. The molecule has 1 heterocycles. The van der Waals surface area contributed by atoms with E-state index in [2.05, 4.69) is 0 Å². The molecule has 1 fully saturated rings. The third kappa shape index (κ3) is 3.61. The first-order chi connectivity index (χ1) is 9.24. The van der Waals surface area contributed by atoms with Crippen LogP contribution in [0, 0.1) is 0 Å². The van der Waals surface area contributed by atoms with E-state index in [0.717, 1.165) is 36.5 Å². The van der Waals surface area contributed by atoms with Gasteiger partial charge in [0.1, 0.15) is 0 Å². The summed E-state index contributed by atoms with van der Waals surface area (Å²) in [6.45, 7) is 0.864. The average molecular weight is 265 g/mol. The smallest absolute Gasteiger partial charge is 0.161 e. The van der Waals surface area contributed by atoms with Gasteiger partial charge in [-0.1, -0.05) is 6.07 Å². The fourth-order valence-corrected chi connectivity index (χ4v) is 2.50. The van der Waals surface area contributed by atoms with E-state index in [1.165, 1.54) is 12.8 Å². The number of benzene rings is 1. The van der Waals surface area contributed by atoms with E-state index in [9.17, 15) is 0 Å². The van der Waals surface area contributed by atoms with Gasteiger partial charge in [-0.2, -0.15) is 0 Å². The third-order valence-electron chi connectivity index (χ3n) is 3.63. The van der Waals surface area contributed by atoms with Crippen LogP contribution in [0.3, 0.4) is 0 Å². The minimum absolute atomic E-state index is 0.0251. The van der Waals surface area contributed by atoms with Crippen LogP contribution < -0.4 is 15.2 Å². The number of hydrogen-bond acceptors (Lipinski definition) is 4. The van der Waals surface area contributed by atoms with Crippen LogP contribution in [0.2, 0.25) is 0 Å². The summed E-state index contributed by atoms with van der Waals surface area (Å²) in [5, 5.41) is 0. The minimum Gasteiger partial charge on any atom is -0.493 e. The molecule has 2 N–H and O–H groups in total. The van der Waals surface area contributed by atoms with Crippen LogP contribution in [-0.2, 0) is 4.74 Å². The van der Waals surface area contributed by atoms with Gasteiger partial charge in [0.15, 0.2) is 11.5 Å². The fraction of sp³-hybridized carbons (Fsp3) is 0.600. The van der Waals surface area contributed by atoms with Crippen molar-refractivity contribution < 1.29 is 14.2 Å². The summed E-state index contributed by atoms with van der Waals surface area (Å²) < 4.78 is 16.3. The first-order valence-electron chi connectivity index (χ1n) is 6.83. The third-order valence-corrected chi connectivity index (χ3v) is 3.63. The Morgan fingerprint density at radius 2 is 2.05 bits per heavy atom. The zero-order valence-corrected chi connectivity index (χ0v) is 11.7. The number of methoxy groups -OCH3 is 2. The molecule has 0 amide bonds. The molecule has 1 aromatic rings. The normalized spacial score (nSPS) is 20.9. The number of hydrogen-bond donors (Lipinski definition) is 1. The quantitative estimate of drug-likeness (QED) is 0.889. The SMILES string of the molecule is COc1ccc(C(N)CC2CCCCO2)cc1OC. The molecule has 1 aliphatic rings. The van der Waals surface area contributed by atoms with Crippen molar-refractivity contribution in [3.63, 3.8) is 0 Å². The highest BCUT2D eigenvalue weighted by Gasteiger charge is 2.19. The Labute approximate surface area is 114 Å². The Kier molecular flexibility index (Phi) is 5.05. The second-order valence-corrected chi connectivity index (χ2v) is 4.95. The molecule has 19 heavy (non-hydrogen) atoms. The lowest BCUT2D eigenvalue weighted by Gasteiger charge is -2.25. The first-order valence-corrected chi connectivity index (χ1v) is 6.83. The molecule has 4 nitrogen and oxygen atoms in total. The first kappa shape index (κ1) is 14.2. The van der Waals surface area contributed by atoms with Crippen molar-refractivity contribution in [2.45, 2.75) is 37.8 Å². The Balaban J connectivity index is 2.03. The van der Waals surface area contributed by atoms with Crippen molar-refractivity contribution in [3.05, 3.63) is 23.8 Å². The zero-order valence-electron chi connectivity index (χ0n) is 11.7. The van der Waals surface area contributed by atoms with Crippen LogP contribution in [0.1, 0.15) is 37.3 Å². The van der Waals surface area contributed by atoms with Crippen molar-refractivity contribution in [3.8, 4) is 11.5 Å². The lowest BCUT2D eigenvalue weighted by molar-refractivity contribution is 0.00728. The summed E-state index contributed by atoms with van der Waals surface area (Å²) in [6, 6.07) is 5.82. The van der Waals surface area contributed by atoms with Gasteiger partial charge in [0.25, 0.3) is 0 Å². The maximum atomic E-state index is 6.26.